The number of benzene rings is 3. The highest BCUT2D eigenvalue weighted by Crippen LogP contribution is 2.35. The number of fused-ring (bicyclic) bond motifs is 3. The first-order valence-corrected chi connectivity index (χ1v) is 8.58. The predicted molar refractivity (Wildman–Crippen MR) is 102 cm³/mol. The Labute approximate surface area is 158 Å². The fourth-order valence-electron chi connectivity index (χ4n) is 3.28. The first-order chi connectivity index (χ1) is 12.5. The van der Waals surface area contributed by atoms with E-state index in [1.54, 1.807) is 28.8 Å². The van der Waals surface area contributed by atoms with Gasteiger partial charge in [0.2, 0.25) is 5.91 Å². The van der Waals surface area contributed by atoms with Gasteiger partial charge in [0.15, 0.2) is 0 Å². The van der Waals surface area contributed by atoms with Crippen LogP contribution in [-0.2, 0) is 6.54 Å². The molecular formula is C20H12Cl2FN2O. The molecule has 3 aromatic carbocycles. The summed E-state index contributed by atoms with van der Waals surface area (Å²) in [7, 11) is 0. The van der Waals surface area contributed by atoms with E-state index in [1.165, 1.54) is 12.1 Å². The normalized spacial score (nSPS) is 11.3. The molecule has 0 spiro atoms. The lowest BCUT2D eigenvalue weighted by molar-refractivity contribution is 0.100. The Morgan fingerprint density at radius 2 is 1.92 bits per heavy atom. The van der Waals surface area contributed by atoms with Crippen LogP contribution in [0.2, 0.25) is 10.0 Å². The number of carbonyl (C=O) groups is 1. The van der Waals surface area contributed by atoms with Crippen molar-refractivity contribution in [2.24, 2.45) is 5.73 Å². The van der Waals surface area contributed by atoms with Crippen molar-refractivity contribution < 1.29 is 9.18 Å². The molecule has 0 bridgehead atoms. The second kappa shape index (κ2) is 6.31. The summed E-state index contributed by atoms with van der Waals surface area (Å²) >= 11 is 12.4. The van der Waals surface area contributed by atoms with Crippen LogP contribution in [-0.4, -0.2) is 10.5 Å². The number of halogens is 3. The third-order valence-electron chi connectivity index (χ3n) is 4.40. The number of hydrogen-bond acceptors (Lipinski definition) is 1. The topological polar surface area (TPSA) is 48.0 Å². The molecule has 6 heteroatoms. The van der Waals surface area contributed by atoms with Crippen molar-refractivity contribution >= 4 is 50.9 Å². The minimum Gasteiger partial charge on any atom is -0.366 e. The second-order valence-electron chi connectivity index (χ2n) is 5.91. The molecule has 0 aliphatic heterocycles. The van der Waals surface area contributed by atoms with E-state index in [1.807, 2.05) is 12.1 Å². The van der Waals surface area contributed by atoms with Gasteiger partial charge >= 0.3 is 0 Å². The minimum atomic E-state index is -0.576. The van der Waals surface area contributed by atoms with Gasteiger partial charge in [0.1, 0.15) is 5.82 Å². The number of aromatic nitrogens is 1. The number of nitrogens with two attached hydrogens (primary N) is 1. The van der Waals surface area contributed by atoms with Crippen molar-refractivity contribution in [3.63, 3.8) is 0 Å². The van der Waals surface area contributed by atoms with Gasteiger partial charge in [-0.15, -0.1) is 0 Å². The Balaban J connectivity index is 2.09. The van der Waals surface area contributed by atoms with Crippen LogP contribution in [0.4, 0.5) is 4.39 Å². The summed E-state index contributed by atoms with van der Waals surface area (Å²) in [5, 5.41) is 1.92. The molecule has 1 aromatic heterocycles. The fourth-order valence-corrected chi connectivity index (χ4v) is 3.66. The summed E-state index contributed by atoms with van der Waals surface area (Å²) in [6, 6.07) is 16.3. The van der Waals surface area contributed by atoms with Crippen LogP contribution in [0.5, 0.6) is 0 Å². The Bertz CT molecular complexity index is 1180. The van der Waals surface area contributed by atoms with Crippen molar-refractivity contribution in [3.05, 3.63) is 81.6 Å². The second-order valence-corrected chi connectivity index (χ2v) is 6.70. The van der Waals surface area contributed by atoms with Crippen LogP contribution >= 0.6 is 23.2 Å². The van der Waals surface area contributed by atoms with E-state index in [9.17, 15) is 9.18 Å². The van der Waals surface area contributed by atoms with E-state index in [0.717, 1.165) is 5.56 Å². The Kier molecular flexibility index (Phi) is 4.10. The van der Waals surface area contributed by atoms with Gasteiger partial charge in [-0.05, 0) is 35.9 Å². The van der Waals surface area contributed by atoms with Gasteiger partial charge in [-0.2, -0.15) is 0 Å². The molecule has 0 saturated heterocycles. The van der Waals surface area contributed by atoms with E-state index >= 15 is 0 Å². The van der Waals surface area contributed by atoms with E-state index in [4.69, 9.17) is 28.9 Å². The van der Waals surface area contributed by atoms with E-state index in [2.05, 4.69) is 6.07 Å². The summed E-state index contributed by atoms with van der Waals surface area (Å²) in [6.07, 6.45) is 0. The molecule has 1 amide bonds. The molecule has 2 N–H and O–H groups in total. The molecule has 0 saturated carbocycles. The molecule has 3 nitrogen and oxygen atoms in total. The monoisotopic (exact) mass is 385 g/mol. The molecule has 1 heterocycles. The number of amides is 1. The van der Waals surface area contributed by atoms with Crippen molar-refractivity contribution in [1.29, 1.82) is 0 Å². The van der Waals surface area contributed by atoms with Gasteiger partial charge in [-0.3, -0.25) is 4.79 Å². The minimum absolute atomic E-state index is 0.288. The maximum Gasteiger partial charge on any atom is 0.249 e. The molecule has 129 valence electrons. The standard InChI is InChI=1S/C20H12Cl2FN2O/c21-14-7-1-4-11(18(14)22)10-25-16-9-3-6-13(20(24)26)17(16)12-5-2-8-15(23)19(12)25/h1-4,6-9H,10H2,(H2,24,26). The SMILES string of the molecule is NC(=O)c1cccc2c1c1[c]ccc(F)c1n2Cc1cccc(Cl)c1Cl. The van der Waals surface area contributed by atoms with Crippen molar-refractivity contribution in [3.8, 4) is 0 Å². The molecule has 0 fully saturated rings. The lowest BCUT2D eigenvalue weighted by Crippen LogP contribution is -2.11. The first-order valence-electron chi connectivity index (χ1n) is 7.83. The van der Waals surface area contributed by atoms with Crippen LogP contribution in [0.3, 0.4) is 0 Å². The highest BCUT2D eigenvalue weighted by Gasteiger charge is 2.19. The molecule has 26 heavy (non-hydrogen) atoms. The predicted octanol–water partition coefficient (Wildman–Crippen LogP) is 5.19. The molecule has 4 rings (SSSR count). The third kappa shape index (κ3) is 2.54. The van der Waals surface area contributed by atoms with Crippen LogP contribution in [0.1, 0.15) is 15.9 Å². The molecule has 0 unspecified atom stereocenters. The molecule has 0 aliphatic carbocycles. The largest absolute Gasteiger partial charge is 0.366 e. The molecule has 0 aliphatic rings. The van der Waals surface area contributed by atoms with Crippen molar-refractivity contribution in [2.45, 2.75) is 6.54 Å². The van der Waals surface area contributed by atoms with Crippen molar-refractivity contribution in [1.82, 2.24) is 4.57 Å². The van der Waals surface area contributed by atoms with Crippen LogP contribution < -0.4 is 5.73 Å². The number of carbonyl (C=O) groups excluding carboxylic acids is 1. The zero-order valence-corrected chi connectivity index (χ0v) is 14.9. The smallest absolute Gasteiger partial charge is 0.249 e. The lowest BCUT2D eigenvalue weighted by atomic mass is 10.1. The lowest BCUT2D eigenvalue weighted by Gasteiger charge is -2.11. The number of hydrogen-bond donors (Lipinski definition) is 1. The Morgan fingerprint density at radius 3 is 2.69 bits per heavy atom. The van der Waals surface area contributed by atoms with Gasteiger partial charge in [0.25, 0.3) is 0 Å². The van der Waals surface area contributed by atoms with Crippen molar-refractivity contribution in [2.75, 3.05) is 0 Å². The van der Waals surface area contributed by atoms with Crippen LogP contribution in [0.25, 0.3) is 21.8 Å². The van der Waals surface area contributed by atoms with Gasteiger partial charge in [-0.1, -0.05) is 47.5 Å². The summed E-state index contributed by atoms with van der Waals surface area (Å²) < 4.78 is 16.4. The number of primary amides is 1. The number of rotatable bonds is 3. The summed E-state index contributed by atoms with van der Waals surface area (Å²) in [4.78, 5) is 11.9. The average molecular weight is 386 g/mol. The maximum absolute atomic E-state index is 14.7. The quantitative estimate of drug-likeness (QED) is 0.518. The van der Waals surface area contributed by atoms with Gasteiger partial charge < -0.3 is 10.3 Å². The van der Waals surface area contributed by atoms with E-state index < -0.39 is 11.7 Å². The zero-order chi connectivity index (χ0) is 18.4. The summed E-state index contributed by atoms with van der Waals surface area (Å²) in [6.45, 7) is 0.288. The fraction of sp³-hybridized carbons (Fsp3) is 0.0500. The number of nitrogens with zero attached hydrogens (tertiary/aromatic N) is 1. The summed E-state index contributed by atoms with van der Waals surface area (Å²) in [5.74, 6) is -0.989. The van der Waals surface area contributed by atoms with Gasteiger partial charge in [-0.25, -0.2) is 4.39 Å². The maximum atomic E-state index is 14.7. The van der Waals surface area contributed by atoms with Crippen LogP contribution in [0, 0.1) is 11.9 Å². The molecule has 1 radical (unpaired) electrons. The molecule has 4 aromatic rings. The highest BCUT2D eigenvalue weighted by atomic mass is 35.5. The Hall–Kier alpha value is -2.56. The molecule has 0 atom stereocenters. The first kappa shape index (κ1) is 16.9. The average Bonchev–Trinajstić information content (AvgIpc) is 2.94. The van der Waals surface area contributed by atoms with E-state index in [-0.39, 0.29) is 6.54 Å². The van der Waals surface area contributed by atoms with Crippen LogP contribution in [0.15, 0.2) is 48.5 Å². The van der Waals surface area contributed by atoms with E-state index in [0.29, 0.717) is 37.4 Å². The molecular weight excluding hydrogens is 374 g/mol. The Morgan fingerprint density at radius 1 is 1.15 bits per heavy atom. The van der Waals surface area contributed by atoms with Gasteiger partial charge in [0, 0.05) is 22.9 Å². The zero-order valence-electron chi connectivity index (χ0n) is 13.4. The third-order valence-corrected chi connectivity index (χ3v) is 5.26. The highest BCUT2D eigenvalue weighted by molar-refractivity contribution is 6.42. The summed E-state index contributed by atoms with van der Waals surface area (Å²) in [5.41, 5.74) is 7.60. The van der Waals surface area contributed by atoms with Gasteiger partial charge in [0.05, 0.1) is 21.1 Å².